The number of nitrogens with one attached hydrogen (secondary N) is 1. The van der Waals surface area contributed by atoms with Crippen molar-refractivity contribution in [3.63, 3.8) is 0 Å². The molecular weight excluding hydrogens is 521 g/mol. The van der Waals surface area contributed by atoms with E-state index in [2.05, 4.69) is 5.32 Å². The minimum atomic E-state index is -3.92. The van der Waals surface area contributed by atoms with E-state index < -0.39 is 28.5 Å². The minimum absolute atomic E-state index is 0.00841. The predicted octanol–water partition coefficient (Wildman–Crippen LogP) is 4.74. The molecular formula is C23H28Cl3N3O4S. The second-order valence-corrected chi connectivity index (χ2v) is 11.1. The lowest BCUT2D eigenvalue weighted by Crippen LogP contribution is -2.52. The van der Waals surface area contributed by atoms with E-state index in [1.165, 1.54) is 23.1 Å². The van der Waals surface area contributed by atoms with E-state index >= 15 is 0 Å². The Bertz CT molecular complexity index is 1140. The Hall–Kier alpha value is -2.00. The molecule has 34 heavy (non-hydrogen) atoms. The summed E-state index contributed by atoms with van der Waals surface area (Å²) in [6.07, 6.45) is 1.68. The number of nitrogens with zero attached hydrogens (tertiary/aromatic N) is 2. The number of benzene rings is 2. The van der Waals surface area contributed by atoms with Gasteiger partial charge in [-0.2, -0.15) is 0 Å². The van der Waals surface area contributed by atoms with E-state index in [1.807, 2.05) is 13.8 Å². The third-order valence-electron chi connectivity index (χ3n) is 5.32. The van der Waals surface area contributed by atoms with Crippen molar-refractivity contribution in [3.8, 4) is 0 Å². The van der Waals surface area contributed by atoms with Crippen LogP contribution >= 0.6 is 34.8 Å². The Labute approximate surface area is 216 Å². The molecule has 0 aliphatic heterocycles. The molecule has 0 radical (unpaired) electrons. The van der Waals surface area contributed by atoms with Gasteiger partial charge in [-0.25, -0.2) is 8.42 Å². The highest BCUT2D eigenvalue weighted by atomic mass is 35.5. The molecule has 2 atom stereocenters. The van der Waals surface area contributed by atoms with Crippen LogP contribution in [-0.4, -0.2) is 50.0 Å². The molecule has 0 aliphatic carbocycles. The molecule has 0 aromatic heterocycles. The lowest BCUT2D eigenvalue weighted by molar-refractivity contribution is -0.139. The lowest BCUT2D eigenvalue weighted by Gasteiger charge is -2.32. The van der Waals surface area contributed by atoms with Gasteiger partial charge in [-0.15, -0.1) is 0 Å². The van der Waals surface area contributed by atoms with Crippen molar-refractivity contribution in [2.24, 2.45) is 0 Å². The van der Waals surface area contributed by atoms with Gasteiger partial charge in [-0.3, -0.25) is 13.9 Å². The number of halogens is 3. The SMILES string of the molecule is CC[C@@H](C)NC(=O)[C@H](C)N(Cc1ccccc1Cl)C(=O)CN(c1cc(Cl)ccc1Cl)S(C)(=O)=O. The number of anilines is 1. The van der Waals surface area contributed by atoms with Crippen molar-refractivity contribution in [2.45, 2.75) is 45.8 Å². The zero-order valence-electron chi connectivity index (χ0n) is 19.4. The molecule has 11 heteroatoms. The summed E-state index contributed by atoms with van der Waals surface area (Å²) in [5.74, 6) is -0.963. The molecule has 1 N–H and O–H groups in total. The Kier molecular flexibility index (Phi) is 10.1. The molecule has 0 saturated carbocycles. The molecule has 0 bridgehead atoms. The van der Waals surface area contributed by atoms with Crippen molar-refractivity contribution >= 4 is 62.3 Å². The summed E-state index contributed by atoms with van der Waals surface area (Å²) in [6.45, 7) is 4.81. The Balaban J connectivity index is 2.45. The quantitative estimate of drug-likeness (QED) is 0.464. The van der Waals surface area contributed by atoms with Crippen molar-refractivity contribution in [1.29, 1.82) is 0 Å². The van der Waals surface area contributed by atoms with Crippen molar-refractivity contribution in [3.05, 3.63) is 63.1 Å². The Morgan fingerprint density at radius 2 is 1.68 bits per heavy atom. The molecule has 0 saturated heterocycles. The first-order chi connectivity index (χ1) is 15.8. The van der Waals surface area contributed by atoms with E-state index in [1.54, 1.807) is 31.2 Å². The summed E-state index contributed by atoms with van der Waals surface area (Å²) in [7, 11) is -3.92. The fourth-order valence-electron chi connectivity index (χ4n) is 3.13. The third kappa shape index (κ3) is 7.50. The van der Waals surface area contributed by atoms with Crippen LogP contribution in [0.25, 0.3) is 0 Å². The first-order valence-electron chi connectivity index (χ1n) is 10.6. The van der Waals surface area contributed by atoms with Crippen LogP contribution in [0.4, 0.5) is 5.69 Å². The Morgan fingerprint density at radius 3 is 2.26 bits per heavy atom. The van der Waals surface area contributed by atoms with Gasteiger partial charge in [0.25, 0.3) is 0 Å². The van der Waals surface area contributed by atoms with Crippen LogP contribution in [0.2, 0.25) is 15.1 Å². The minimum Gasteiger partial charge on any atom is -0.352 e. The molecule has 2 rings (SSSR count). The molecule has 186 valence electrons. The summed E-state index contributed by atoms with van der Waals surface area (Å²) in [4.78, 5) is 27.7. The van der Waals surface area contributed by atoms with Crippen molar-refractivity contribution in [2.75, 3.05) is 17.1 Å². The van der Waals surface area contributed by atoms with Gasteiger partial charge in [-0.05, 0) is 50.1 Å². The highest BCUT2D eigenvalue weighted by Gasteiger charge is 2.31. The molecule has 0 aliphatic rings. The molecule has 0 heterocycles. The second-order valence-electron chi connectivity index (χ2n) is 7.97. The maximum atomic E-state index is 13.5. The number of carbonyl (C=O) groups excluding carboxylic acids is 2. The lowest BCUT2D eigenvalue weighted by atomic mass is 10.1. The monoisotopic (exact) mass is 547 g/mol. The maximum Gasteiger partial charge on any atom is 0.244 e. The van der Waals surface area contributed by atoms with Crippen LogP contribution in [0.5, 0.6) is 0 Å². The standard InChI is InChI=1S/C23H28Cl3N3O4S/c1-5-15(2)27-23(31)16(3)28(13-17-8-6-7-9-19(17)25)22(30)14-29(34(4,32)33)21-12-18(24)10-11-20(21)26/h6-12,15-16H,5,13-14H2,1-4H3,(H,27,31)/t15-,16+/m1/s1. The van der Waals surface area contributed by atoms with Crippen LogP contribution in [0, 0.1) is 0 Å². The summed E-state index contributed by atoms with van der Waals surface area (Å²) < 4.78 is 26.1. The molecule has 7 nitrogen and oxygen atoms in total. The van der Waals surface area contributed by atoms with Gasteiger partial charge in [0, 0.05) is 22.6 Å². The van der Waals surface area contributed by atoms with Crippen LogP contribution in [0.3, 0.4) is 0 Å². The van der Waals surface area contributed by atoms with Crippen LogP contribution < -0.4 is 9.62 Å². The van der Waals surface area contributed by atoms with Crippen LogP contribution in [-0.2, 0) is 26.2 Å². The fraction of sp³-hybridized carbons (Fsp3) is 0.391. The van der Waals surface area contributed by atoms with Gasteiger partial charge >= 0.3 is 0 Å². The summed E-state index contributed by atoms with van der Waals surface area (Å²) in [5.41, 5.74) is 0.687. The first kappa shape index (κ1) is 28.2. The number of hydrogen-bond donors (Lipinski definition) is 1. The van der Waals surface area contributed by atoms with Crippen molar-refractivity contribution < 1.29 is 18.0 Å². The van der Waals surface area contributed by atoms with Crippen LogP contribution in [0.1, 0.15) is 32.8 Å². The van der Waals surface area contributed by atoms with Gasteiger partial charge in [0.15, 0.2) is 0 Å². The summed E-state index contributed by atoms with van der Waals surface area (Å²) >= 11 is 18.6. The largest absolute Gasteiger partial charge is 0.352 e. The normalized spacial score (nSPS) is 13.1. The average Bonchev–Trinajstić information content (AvgIpc) is 2.77. The predicted molar refractivity (Wildman–Crippen MR) is 138 cm³/mol. The van der Waals surface area contributed by atoms with Gasteiger partial charge < -0.3 is 10.2 Å². The molecule has 2 amide bonds. The zero-order chi connectivity index (χ0) is 25.6. The van der Waals surface area contributed by atoms with E-state index in [0.717, 1.165) is 10.6 Å². The highest BCUT2D eigenvalue weighted by molar-refractivity contribution is 7.92. The number of hydrogen-bond acceptors (Lipinski definition) is 4. The number of amides is 2. The van der Waals surface area contributed by atoms with Crippen molar-refractivity contribution in [1.82, 2.24) is 10.2 Å². The topological polar surface area (TPSA) is 86.8 Å². The molecule has 0 fully saturated rings. The average molecular weight is 549 g/mol. The summed E-state index contributed by atoms with van der Waals surface area (Å²) in [6, 6.07) is 10.3. The summed E-state index contributed by atoms with van der Waals surface area (Å²) in [5, 5.41) is 3.66. The zero-order valence-corrected chi connectivity index (χ0v) is 22.5. The van der Waals surface area contributed by atoms with E-state index in [0.29, 0.717) is 17.0 Å². The molecule has 2 aromatic carbocycles. The van der Waals surface area contributed by atoms with Gasteiger partial charge in [-0.1, -0.05) is 59.9 Å². The smallest absolute Gasteiger partial charge is 0.244 e. The van der Waals surface area contributed by atoms with E-state index in [9.17, 15) is 18.0 Å². The van der Waals surface area contributed by atoms with Gasteiger partial charge in [0.2, 0.25) is 21.8 Å². The molecule has 0 unspecified atom stereocenters. The Morgan fingerprint density at radius 1 is 1.03 bits per heavy atom. The number of carbonyl (C=O) groups is 2. The van der Waals surface area contributed by atoms with E-state index in [-0.39, 0.29) is 34.2 Å². The number of rotatable bonds is 10. The second kappa shape index (κ2) is 12.1. The van der Waals surface area contributed by atoms with Gasteiger partial charge in [0.1, 0.15) is 12.6 Å². The highest BCUT2D eigenvalue weighted by Crippen LogP contribution is 2.31. The third-order valence-corrected chi connectivity index (χ3v) is 7.37. The number of sulfonamides is 1. The van der Waals surface area contributed by atoms with Crippen LogP contribution in [0.15, 0.2) is 42.5 Å². The van der Waals surface area contributed by atoms with E-state index in [4.69, 9.17) is 34.8 Å². The molecule has 0 spiro atoms. The van der Waals surface area contributed by atoms with Gasteiger partial charge in [0.05, 0.1) is 17.0 Å². The molecule has 2 aromatic rings. The first-order valence-corrected chi connectivity index (χ1v) is 13.6. The fourth-order valence-corrected chi connectivity index (χ4v) is 4.61. The maximum absolute atomic E-state index is 13.5.